The zero-order chi connectivity index (χ0) is 40.3. The number of esters is 2. The lowest BCUT2D eigenvalue weighted by Gasteiger charge is -2.19. The fourth-order valence-corrected chi connectivity index (χ4v) is 6.12. The van der Waals surface area contributed by atoms with E-state index in [0.717, 1.165) is 77.0 Å². The van der Waals surface area contributed by atoms with E-state index in [1.54, 1.807) is 0 Å². The SMILES string of the molecule is CCCCCC=CCC=CCC=CCC=CCCCCCC(=O)OC(COC(=O)CCCCCCCC=CCC=CCCCCC)COP(=O)(O)OCCN. The Balaban J connectivity index is 4.28. The van der Waals surface area contributed by atoms with Gasteiger partial charge in [-0.1, -0.05) is 138 Å². The largest absolute Gasteiger partial charge is 0.472 e. The van der Waals surface area contributed by atoms with Crippen molar-refractivity contribution < 1.29 is 37.6 Å². The molecular formula is C45H78NO8P. The fraction of sp³-hybridized carbons (Fsp3) is 0.689. The first-order chi connectivity index (χ1) is 26.8. The summed E-state index contributed by atoms with van der Waals surface area (Å²) in [5.74, 6) is -0.887. The summed E-state index contributed by atoms with van der Waals surface area (Å²) in [6.07, 6.45) is 49.3. The summed E-state index contributed by atoms with van der Waals surface area (Å²) in [5, 5.41) is 0. The maximum Gasteiger partial charge on any atom is 0.472 e. The Bertz CT molecular complexity index is 1130. The van der Waals surface area contributed by atoms with Crippen LogP contribution in [0.15, 0.2) is 72.9 Å². The van der Waals surface area contributed by atoms with E-state index in [1.165, 1.54) is 51.4 Å². The number of ether oxygens (including phenoxy) is 2. The summed E-state index contributed by atoms with van der Waals surface area (Å²) >= 11 is 0. The van der Waals surface area contributed by atoms with Gasteiger partial charge >= 0.3 is 19.8 Å². The molecule has 0 aliphatic rings. The number of hydrogen-bond acceptors (Lipinski definition) is 8. The van der Waals surface area contributed by atoms with Crippen LogP contribution in [0, 0.1) is 0 Å². The second kappa shape index (κ2) is 41.1. The van der Waals surface area contributed by atoms with Crippen LogP contribution in [0.4, 0.5) is 0 Å². The zero-order valence-corrected chi connectivity index (χ0v) is 35.5. The third kappa shape index (κ3) is 40.9. The van der Waals surface area contributed by atoms with Crippen molar-refractivity contribution in [1.82, 2.24) is 0 Å². The molecule has 0 aromatic carbocycles. The van der Waals surface area contributed by atoms with Crippen LogP contribution in [0.5, 0.6) is 0 Å². The van der Waals surface area contributed by atoms with Gasteiger partial charge in [-0.05, 0) is 89.9 Å². The second-order valence-corrected chi connectivity index (χ2v) is 15.3. The number of unbranched alkanes of at least 4 members (excludes halogenated alkanes) is 14. The molecule has 0 aliphatic carbocycles. The molecule has 2 atom stereocenters. The van der Waals surface area contributed by atoms with Gasteiger partial charge in [0.25, 0.3) is 0 Å². The molecule has 0 aliphatic heterocycles. The van der Waals surface area contributed by atoms with Crippen LogP contribution in [0.2, 0.25) is 0 Å². The average Bonchev–Trinajstić information content (AvgIpc) is 3.17. The standard InChI is InChI=1S/C45H78NO8P/c1-3-5-7-9-11-13-15-17-19-20-21-22-24-26-28-30-32-34-36-38-45(48)54-43(42-53-55(49,50)52-40-39-46)41-51-44(47)37-35-33-31-29-27-25-23-18-16-14-12-10-8-6-4-2/h11-14,17-19,21-23,26,28,43H,3-10,15-16,20,24-25,27,29-42,46H2,1-2H3,(H,49,50). The summed E-state index contributed by atoms with van der Waals surface area (Å²) in [5.41, 5.74) is 5.34. The molecule has 2 unspecified atom stereocenters. The van der Waals surface area contributed by atoms with Crippen molar-refractivity contribution in [3.63, 3.8) is 0 Å². The van der Waals surface area contributed by atoms with E-state index in [2.05, 4.69) is 86.8 Å². The highest BCUT2D eigenvalue weighted by Gasteiger charge is 2.25. The number of hydrogen-bond donors (Lipinski definition) is 2. The van der Waals surface area contributed by atoms with Gasteiger partial charge in [-0.25, -0.2) is 4.57 Å². The van der Waals surface area contributed by atoms with Crippen LogP contribution in [-0.4, -0.2) is 49.3 Å². The predicted molar refractivity (Wildman–Crippen MR) is 229 cm³/mol. The van der Waals surface area contributed by atoms with E-state index in [9.17, 15) is 19.0 Å². The second-order valence-electron chi connectivity index (χ2n) is 13.8. The maximum atomic E-state index is 12.6. The van der Waals surface area contributed by atoms with Crippen LogP contribution in [0.3, 0.4) is 0 Å². The van der Waals surface area contributed by atoms with Crippen molar-refractivity contribution in [3.05, 3.63) is 72.9 Å². The molecule has 55 heavy (non-hydrogen) atoms. The van der Waals surface area contributed by atoms with Gasteiger partial charge in [-0.3, -0.25) is 18.6 Å². The van der Waals surface area contributed by atoms with Crippen LogP contribution in [0.25, 0.3) is 0 Å². The molecular weight excluding hydrogens is 713 g/mol. The Labute approximate surface area is 335 Å². The van der Waals surface area contributed by atoms with Gasteiger partial charge in [-0.15, -0.1) is 0 Å². The molecule has 0 spiro atoms. The first kappa shape index (κ1) is 52.5. The van der Waals surface area contributed by atoms with Crippen molar-refractivity contribution >= 4 is 19.8 Å². The molecule has 9 nitrogen and oxygen atoms in total. The Morgan fingerprint density at radius 3 is 1.42 bits per heavy atom. The summed E-state index contributed by atoms with van der Waals surface area (Å²) < 4.78 is 32.7. The van der Waals surface area contributed by atoms with E-state index >= 15 is 0 Å². The number of nitrogens with two attached hydrogens (primary N) is 1. The minimum Gasteiger partial charge on any atom is -0.462 e. The van der Waals surface area contributed by atoms with E-state index in [0.29, 0.717) is 12.8 Å². The Hall–Kier alpha value is -2.55. The molecule has 0 aromatic rings. The van der Waals surface area contributed by atoms with Gasteiger partial charge < -0.3 is 20.1 Å². The van der Waals surface area contributed by atoms with Gasteiger partial charge in [0, 0.05) is 19.4 Å². The molecule has 316 valence electrons. The molecule has 0 fully saturated rings. The number of carbonyl (C=O) groups is 2. The first-order valence-corrected chi connectivity index (χ1v) is 22.9. The van der Waals surface area contributed by atoms with Gasteiger partial charge in [0.15, 0.2) is 6.10 Å². The van der Waals surface area contributed by atoms with Crippen LogP contribution in [-0.2, 0) is 32.7 Å². The molecule has 10 heteroatoms. The minimum absolute atomic E-state index is 0.0422. The first-order valence-electron chi connectivity index (χ1n) is 21.4. The average molecular weight is 792 g/mol. The highest BCUT2D eigenvalue weighted by atomic mass is 31.2. The molecule has 3 N–H and O–H groups in total. The van der Waals surface area contributed by atoms with E-state index in [1.807, 2.05) is 0 Å². The molecule has 0 aromatic heterocycles. The highest BCUT2D eigenvalue weighted by molar-refractivity contribution is 7.47. The fourth-order valence-electron chi connectivity index (χ4n) is 5.35. The van der Waals surface area contributed by atoms with Crippen LogP contribution >= 0.6 is 7.82 Å². The van der Waals surface area contributed by atoms with E-state index in [4.69, 9.17) is 24.3 Å². The molecule has 0 bridgehead atoms. The van der Waals surface area contributed by atoms with Gasteiger partial charge in [0.2, 0.25) is 0 Å². The third-order valence-electron chi connectivity index (χ3n) is 8.56. The monoisotopic (exact) mass is 792 g/mol. The summed E-state index contributed by atoms with van der Waals surface area (Å²) in [6.45, 7) is 3.60. The van der Waals surface area contributed by atoms with Crippen molar-refractivity contribution in [2.75, 3.05) is 26.4 Å². The summed E-state index contributed by atoms with van der Waals surface area (Å²) in [6, 6.07) is 0. The number of phosphoric ester groups is 1. The third-order valence-corrected chi connectivity index (χ3v) is 9.55. The lowest BCUT2D eigenvalue weighted by atomic mass is 10.1. The Morgan fingerprint density at radius 1 is 0.545 bits per heavy atom. The number of allylic oxidation sites excluding steroid dienone is 12. The molecule has 0 saturated carbocycles. The lowest BCUT2D eigenvalue weighted by Crippen LogP contribution is -2.29. The summed E-state index contributed by atoms with van der Waals surface area (Å²) in [4.78, 5) is 34.8. The number of carbonyl (C=O) groups excluding carboxylic acids is 2. The Morgan fingerprint density at radius 2 is 0.945 bits per heavy atom. The van der Waals surface area contributed by atoms with Crippen molar-refractivity contribution in [2.24, 2.45) is 5.73 Å². The van der Waals surface area contributed by atoms with Crippen molar-refractivity contribution in [1.29, 1.82) is 0 Å². The van der Waals surface area contributed by atoms with Gasteiger partial charge in [0.05, 0.1) is 13.2 Å². The van der Waals surface area contributed by atoms with Crippen molar-refractivity contribution in [3.8, 4) is 0 Å². The van der Waals surface area contributed by atoms with Crippen molar-refractivity contribution in [2.45, 2.75) is 174 Å². The predicted octanol–water partition coefficient (Wildman–Crippen LogP) is 12.3. The molecule has 0 saturated heterocycles. The lowest BCUT2D eigenvalue weighted by molar-refractivity contribution is -0.161. The number of phosphoric acid groups is 1. The van der Waals surface area contributed by atoms with Gasteiger partial charge in [-0.2, -0.15) is 0 Å². The number of rotatable bonds is 39. The molecule has 0 radical (unpaired) electrons. The highest BCUT2D eigenvalue weighted by Crippen LogP contribution is 2.43. The topological polar surface area (TPSA) is 134 Å². The minimum atomic E-state index is -4.39. The molecule has 0 rings (SSSR count). The van der Waals surface area contributed by atoms with Crippen LogP contribution in [0.1, 0.15) is 168 Å². The van der Waals surface area contributed by atoms with Crippen LogP contribution < -0.4 is 5.73 Å². The maximum absolute atomic E-state index is 12.6. The van der Waals surface area contributed by atoms with Gasteiger partial charge in [0.1, 0.15) is 6.61 Å². The smallest absolute Gasteiger partial charge is 0.462 e. The van der Waals surface area contributed by atoms with E-state index in [-0.39, 0.29) is 32.6 Å². The Kier molecular flexibility index (Phi) is 39.2. The molecule has 0 amide bonds. The molecule has 0 heterocycles. The zero-order valence-electron chi connectivity index (χ0n) is 34.6. The quantitative estimate of drug-likeness (QED) is 0.0270. The van der Waals surface area contributed by atoms with E-state index < -0.39 is 32.5 Å². The summed E-state index contributed by atoms with van der Waals surface area (Å²) in [7, 11) is -4.39. The normalized spacial score (nSPS) is 14.0.